The van der Waals surface area contributed by atoms with Crippen LogP contribution in [0.1, 0.15) is 77.6 Å². The fourth-order valence-corrected chi connectivity index (χ4v) is 4.06. The molecule has 0 radical (unpaired) electrons. The van der Waals surface area contributed by atoms with Gasteiger partial charge in [-0.3, -0.25) is 0 Å². The first-order chi connectivity index (χ1) is 10.9. The van der Waals surface area contributed by atoms with Gasteiger partial charge >= 0.3 is 6.16 Å². The van der Waals surface area contributed by atoms with Crippen molar-refractivity contribution in [1.82, 2.24) is 0 Å². The Hall–Kier alpha value is -0.553. The van der Waals surface area contributed by atoms with Crippen LogP contribution in [0.2, 0.25) is 19.1 Å². The van der Waals surface area contributed by atoms with E-state index < -0.39 is 14.5 Å². The second kappa shape index (κ2) is 13.8. The van der Waals surface area contributed by atoms with Crippen LogP contribution in [0, 0.1) is 0 Å². The summed E-state index contributed by atoms with van der Waals surface area (Å²) in [6.07, 6.45) is 11.1. The summed E-state index contributed by atoms with van der Waals surface area (Å²) in [6.45, 7) is 6.71. The molecule has 0 aliphatic carbocycles. The zero-order chi connectivity index (χ0) is 17.6. The third-order valence-corrected chi connectivity index (χ3v) is 7.17. The highest BCUT2D eigenvalue weighted by atomic mass is 28.4. The first-order valence-electron chi connectivity index (χ1n) is 9.36. The van der Waals surface area contributed by atoms with Gasteiger partial charge in [-0.05, 0) is 44.8 Å². The van der Waals surface area contributed by atoms with Gasteiger partial charge in [-0.1, -0.05) is 51.9 Å². The number of hydrogen-bond acceptors (Lipinski definition) is 3. The van der Waals surface area contributed by atoms with E-state index in [2.05, 4.69) is 20.0 Å². The lowest BCUT2D eigenvalue weighted by Crippen LogP contribution is -2.27. The van der Waals surface area contributed by atoms with Crippen molar-refractivity contribution in [3.8, 4) is 0 Å². The molecule has 0 heterocycles. The van der Waals surface area contributed by atoms with Gasteiger partial charge in [0.1, 0.15) is 6.10 Å². The Balaban J connectivity index is 3.71. The van der Waals surface area contributed by atoms with Gasteiger partial charge in [0.15, 0.2) is 8.32 Å². The molecule has 138 valence electrons. The zero-order valence-electron chi connectivity index (χ0n) is 15.7. The minimum absolute atomic E-state index is 0.107. The van der Waals surface area contributed by atoms with Crippen molar-refractivity contribution in [2.45, 2.75) is 103 Å². The molecule has 0 aliphatic rings. The molecule has 0 rings (SSSR count). The van der Waals surface area contributed by atoms with E-state index in [4.69, 9.17) is 14.3 Å². The van der Waals surface area contributed by atoms with Crippen LogP contribution in [0.15, 0.2) is 0 Å². The lowest BCUT2D eigenvalue weighted by atomic mass is 10.0. The molecule has 0 saturated carbocycles. The number of rotatable bonds is 15. The van der Waals surface area contributed by atoms with Gasteiger partial charge in [0.05, 0.1) is 0 Å². The van der Waals surface area contributed by atoms with Crippen LogP contribution in [0.4, 0.5) is 4.79 Å². The van der Waals surface area contributed by atoms with E-state index in [0.29, 0.717) is 0 Å². The van der Waals surface area contributed by atoms with Gasteiger partial charge in [-0.25, -0.2) is 4.79 Å². The third kappa shape index (κ3) is 14.8. The highest BCUT2D eigenvalue weighted by molar-refractivity contribution is 6.71. The molecular formula is C18H38O4Si. The Bertz CT molecular complexity index is 295. The lowest BCUT2D eigenvalue weighted by Gasteiger charge is -2.19. The number of carboxylic acid groups (broad SMARTS) is 1. The molecule has 1 N–H and O–H groups in total. The van der Waals surface area contributed by atoms with Crippen molar-refractivity contribution >= 4 is 14.5 Å². The van der Waals surface area contributed by atoms with Crippen molar-refractivity contribution in [2.75, 3.05) is 7.11 Å². The average Bonchev–Trinajstić information content (AvgIpc) is 2.49. The number of hydrogen-bond donors (Lipinski definition) is 1. The standard InChI is InChI=1S/C18H38O4Si/c1-5-6-7-11-14-17(22-18(19)20)15-12-9-8-10-13-16-23(3,4)21-2/h17H,5-16H2,1-4H3,(H,19,20). The second-order valence-electron chi connectivity index (χ2n) is 7.13. The van der Waals surface area contributed by atoms with Crippen molar-refractivity contribution < 1.29 is 19.1 Å². The molecule has 0 aromatic heterocycles. The summed E-state index contributed by atoms with van der Waals surface area (Å²) in [7, 11) is 0.439. The normalized spacial score (nSPS) is 13.0. The van der Waals surface area contributed by atoms with Crippen molar-refractivity contribution in [3.63, 3.8) is 0 Å². The number of unbranched alkanes of at least 4 members (excludes halogenated alkanes) is 7. The lowest BCUT2D eigenvalue weighted by molar-refractivity contribution is 0.0423. The highest BCUT2D eigenvalue weighted by Gasteiger charge is 2.19. The van der Waals surface area contributed by atoms with Gasteiger partial charge in [-0.2, -0.15) is 0 Å². The maximum absolute atomic E-state index is 10.8. The summed E-state index contributed by atoms with van der Waals surface area (Å²) in [5.41, 5.74) is 0. The minimum atomic E-state index is -1.39. The summed E-state index contributed by atoms with van der Waals surface area (Å²) in [5.74, 6) is 0. The molecule has 1 unspecified atom stereocenters. The fraction of sp³-hybridized carbons (Fsp3) is 0.944. The van der Waals surface area contributed by atoms with Crippen LogP contribution >= 0.6 is 0 Å². The van der Waals surface area contributed by atoms with Gasteiger partial charge in [0.25, 0.3) is 0 Å². The predicted molar refractivity (Wildman–Crippen MR) is 98.7 cm³/mol. The fourth-order valence-electron chi connectivity index (χ4n) is 2.76. The first-order valence-corrected chi connectivity index (χ1v) is 12.5. The van der Waals surface area contributed by atoms with Gasteiger partial charge in [-0.15, -0.1) is 0 Å². The molecule has 4 nitrogen and oxygen atoms in total. The van der Waals surface area contributed by atoms with E-state index in [1.165, 1.54) is 51.0 Å². The van der Waals surface area contributed by atoms with E-state index in [9.17, 15) is 4.79 Å². The Morgan fingerprint density at radius 1 is 0.957 bits per heavy atom. The third-order valence-electron chi connectivity index (χ3n) is 4.50. The van der Waals surface area contributed by atoms with Gasteiger partial charge in [0.2, 0.25) is 0 Å². The van der Waals surface area contributed by atoms with E-state index >= 15 is 0 Å². The largest absolute Gasteiger partial charge is 0.506 e. The Morgan fingerprint density at radius 3 is 2.00 bits per heavy atom. The molecular weight excluding hydrogens is 308 g/mol. The van der Waals surface area contributed by atoms with Crippen LogP contribution in [0.25, 0.3) is 0 Å². The summed E-state index contributed by atoms with van der Waals surface area (Å²) in [6, 6.07) is 1.23. The molecule has 0 fully saturated rings. The SMILES string of the molecule is CCCCCCC(CCCCCCC[Si](C)(C)OC)OC(=O)O. The summed E-state index contributed by atoms with van der Waals surface area (Å²) in [5, 5.41) is 8.83. The van der Waals surface area contributed by atoms with Crippen LogP contribution in [0.3, 0.4) is 0 Å². The molecule has 0 bridgehead atoms. The van der Waals surface area contributed by atoms with E-state index in [-0.39, 0.29) is 6.10 Å². The van der Waals surface area contributed by atoms with Gasteiger partial charge in [0, 0.05) is 7.11 Å². The van der Waals surface area contributed by atoms with Crippen LogP contribution in [-0.4, -0.2) is 32.8 Å². The van der Waals surface area contributed by atoms with Crippen molar-refractivity contribution in [2.24, 2.45) is 0 Å². The maximum atomic E-state index is 10.8. The molecule has 0 aliphatic heterocycles. The second-order valence-corrected chi connectivity index (χ2v) is 11.6. The van der Waals surface area contributed by atoms with E-state index in [0.717, 1.165) is 25.7 Å². The minimum Gasteiger partial charge on any atom is -0.450 e. The Kier molecular flexibility index (Phi) is 13.5. The number of carbonyl (C=O) groups is 1. The Morgan fingerprint density at radius 2 is 1.48 bits per heavy atom. The van der Waals surface area contributed by atoms with Crippen molar-refractivity contribution in [1.29, 1.82) is 0 Å². The molecule has 0 aromatic carbocycles. The average molecular weight is 347 g/mol. The smallest absolute Gasteiger partial charge is 0.450 e. The molecule has 0 aromatic rings. The summed E-state index contributed by atoms with van der Waals surface area (Å²) < 4.78 is 10.6. The first kappa shape index (κ1) is 22.4. The topological polar surface area (TPSA) is 55.8 Å². The molecule has 5 heteroatoms. The van der Waals surface area contributed by atoms with Crippen LogP contribution in [0.5, 0.6) is 0 Å². The molecule has 0 saturated heterocycles. The quantitative estimate of drug-likeness (QED) is 0.217. The predicted octanol–water partition coefficient (Wildman–Crippen LogP) is 6.21. The van der Waals surface area contributed by atoms with Gasteiger partial charge < -0.3 is 14.3 Å². The van der Waals surface area contributed by atoms with Crippen LogP contribution < -0.4 is 0 Å². The molecule has 1 atom stereocenters. The zero-order valence-corrected chi connectivity index (χ0v) is 16.7. The number of ether oxygens (including phenoxy) is 1. The summed E-state index contributed by atoms with van der Waals surface area (Å²) >= 11 is 0. The highest BCUT2D eigenvalue weighted by Crippen LogP contribution is 2.18. The molecule has 0 amide bonds. The van der Waals surface area contributed by atoms with Crippen LogP contribution in [-0.2, 0) is 9.16 Å². The monoisotopic (exact) mass is 346 g/mol. The maximum Gasteiger partial charge on any atom is 0.506 e. The molecule has 23 heavy (non-hydrogen) atoms. The Labute approximate surface area is 144 Å². The van der Waals surface area contributed by atoms with E-state index in [1.54, 1.807) is 0 Å². The van der Waals surface area contributed by atoms with Crippen molar-refractivity contribution in [3.05, 3.63) is 0 Å². The summed E-state index contributed by atoms with van der Waals surface area (Å²) in [4.78, 5) is 10.8. The molecule has 0 spiro atoms. The van der Waals surface area contributed by atoms with E-state index in [1.807, 2.05) is 7.11 Å².